The minimum absolute atomic E-state index is 0.181. The molecule has 0 aliphatic carbocycles. The Balaban J connectivity index is 1.75. The molecule has 0 aromatic heterocycles. The topological polar surface area (TPSA) is 96.9 Å². The summed E-state index contributed by atoms with van der Waals surface area (Å²) in [5.74, 6) is -0.589. The molecule has 7 nitrogen and oxygen atoms in total. The van der Waals surface area contributed by atoms with Gasteiger partial charge in [0.25, 0.3) is 5.91 Å². The number of aliphatic carboxylic acids is 1. The number of carboxylic acids is 1. The maximum Gasteiger partial charge on any atom is 0.341 e. The lowest BCUT2D eigenvalue weighted by atomic mass is 10.1. The van der Waals surface area contributed by atoms with Crippen LogP contribution in [-0.4, -0.2) is 36.2 Å². The molecule has 0 bridgehead atoms. The number of amides is 1. The average molecular weight is 493 g/mol. The van der Waals surface area contributed by atoms with Gasteiger partial charge in [0.15, 0.2) is 23.6 Å². The first-order valence-electron chi connectivity index (χ1n) is 9.16. The lowest BCUT2D eigenvalue weighted by Crippen LogP contribution is -2.30. The number of methoxy groups -OCH3 is 1. The fourth-order valence-electron chi connectivity index (χ4n) is 2.77. The van der Waals surface area contributed by atoms with E-state index in [0.717, 1.165) is 12.1 Å². The molecule has 1 fully saturated rings. The molecule has 3 rings (SSSR count). The molecular weight excluding hydrogens is 472 g/mol. The van der Waals surface area contributed by atoms with Crippen LogP contribution in [0.5, 0.6) is 11.5 Å². The lowest BCUT2D eigenvalue weighted by molar-refractivity contribution is -0.139. The van der Waals surface area contributed by atoms with E-state index >= 15 is 0 Å². The van der Waals surface area contributed by atoms with E-state index in [4.69, 9.17) is 14.6 Å². The van der Waals surface area contributed by atoms with E-state index < -0.39 is 12.6 Å². The summed E-state index contributed by atoms with van der Waals surface area (Å²) < 4.78 is 11.2. The fourth-order valence-corrected chi connectivity index (χ4v) is 4.18. The smallest absolute Gasteiger partial charge is 0.341 e. The maximum atomic E-state index is 12.4. The van der Waals surface area contributed by atoms with Gasteiger partial charge in [-0.1, -0.05) is 46.7 Å². The normalized spacial score (nSPS) is 17.0. The predicted octanol–water partition coefficient (Wildman–Crippen LogP) is 4.08. The SMILES string of the molecule is CCc1ccc(N[C@H]2NC(=O)/C(=C/c3cc(OC)c(OCC(=O)O)cc3Br)S2)cc1. The molecule has 158 valence electrons. The number of rotatable bonds is 8. The standard InChI is InChI=1S/C21H21BrN2O5S/c1-3-12-4-6-14(7-5-12)23-21-24-20(27)18(30-21)9-13-8-16(28-2)17(10-15(13)22)29-11-19(25)26/h4-10,21,23H,3,11H2,1-2H3,(H,24,27)(H,25,26)/b18-9-/t21-/m0/s1. The molecule has 0 unspecified atom stereocenters. The van der Waals surface area contributed by atoms with Crippen LogP contribution in [0.2, 0.25) is 0 Å². The number of carbonyl (C=O) groups is 2. The van der Waals surface area contributed by atoms with Crippen molar-refractivity contribution in [1.29, 1.82) is 0 Å². The number of ether oxygens (including phenoxy) is 2. The van der Waals surface area contributed by atoms with E-state index in [0.29, 0.717) is 26.4 Å². The summed E-state index contributed by atoms with van der Waals surface area (Å²) in [4.78, 5) is 23.7. The average Bonchev–Trinajstić information content (AvgIpc) is 3.07. The first-order chi connectivity index (χ1) is 14.4. The Morgan fingerprint density at radius 2 is 2.03 bits per heavy atom. The van der Waals surface area contributed by atoms with E-state index in [9.17, 15) is 9.59 Å². The van der Waals surface area contributed by atoms with Gasteiger partial charge >= 0.3 is 5.97 Å². The first kappa shape index (κ1) is 22.0. The zero-order valence-corrected chi connectivity index (χ0v) is 18.8. The molecule has 0 saturated carbocycles. The number of carboxylic acid groups (broad SMARTS) is 1. The van der Waals surface area contributed by atoms with Gasteiger partial charge in [0, 0.05) is 10.2 Å². The number of carbonyl (C=O) groups excluding carboxylic acids is 1. The molecule has 1 amide bonds. The van der Waals surface area contributed by atoms with Gasteiger partial charge in [-0.05, 0) is 47.9 Å². The lowest BCUT2D eigenvalue weighted by Gasteiger charge is -2.13. The van der Waals surface area contributed by atoms with Crippen LogP contribution in [0.4, 0.5) is 5.69 Å². The molecule has 1 heterocycles. The van der Waals surface area contributed by atoms with Crippen LogP contribution in [0.3, 0.4) is 0 Å². The zero-order valence-electron chi connectivity index (χ0n) is 16.4. The third-order valence-corrected chi connectivity index (χ3v) is 6.03. The molecular formula is C21H21BrN2O5S. The van der Waals surface area contributed by atoms with Gasteiger partial charge in [0.05, 0.1) is 12.0 Å². The Kier molecular flexibility index (Phi) is 7.28. The molecule has 9 heteroatoms. The van der Waals surface area contributed by atoms with Gasteiger partial charge in [-0.3, -0.25) is 4.79 Å². The number of aryl methyl sites for hydroxylation is 1. The number of nitrogens with one attached hydrogen (secondary N) is 2. The van der Waals surface area contributed by atoms with Crippen LogP contribution < -0.4 is 20.1 Å². The number of thioether (sulfide) groups is 1. The summed E-state index contributed by atoms with van der Waals surface area (Å²) in [6.45, 7) is 1.62. The zero-order chi connectivity index (χ0) is 21.7. The van der Waals surface area contributed by atoms with Crippen LogP contribution in [-0.2, 0) is 16.0 Å². The number of halogens is 1. The fraction of sp³-hybridized carbons (Fsp3) is 0.238. The highest BCUT2D eigenvalue weighted by molar-refractivity contribution is 9.10. The molecule has 2 aromatic carbocycles. The van der Waals surface area contributed by atoms with Crippen LogP contribution in [0.15, 0.2) is 45.8 Å². The van der Waals surface area contributed by atoms with Crippen molar-refractivity contribution in [2.45, 2.75) is 18.8 Å². The maximum absolute atomic E-state index is 12.4. The Bertz CT molecular complexity index is 978. The molecule has 1 aliphatic heterocycles. The highest BCUT2D eigenvalue weighted by atomic mass is 79.9. The Morgan fingerprint density at radius 1 is 1.30 bits per heavy atom. The number of hydrogen-bond acceptors (Lipinski definition) is 6. The Labute approximate surface area is 187 Å². The van der Waals surface area contributed by atoms with Crippen molar-refractivity contribution in [2.75, 3.05) is 19.0 Å². The van der Waals surface area contributed by atoms with Crippen LogP contribution >= 0.6 is 27.7 Å². The third kappa shape index (κ3) is 5.48. The molecule has 0 spiro atoms. The molecule has 1 atom stereocenters. The third-order valence-electron chi connectivity index (χ3n) is 4.31. The van der Waals surface area contributed by atoms with Crippen molar-refractivity contribution >= 4 is 51.3 Å². The van der Waals surface area contributed by atoms with E-state index in [-0.39, 0.29) is 11.4 Å². The summed E-state index contributed by atoms with van der Waals surface area (Å²) >= 11 is 4.82. The number of benzene rings is 2. The van der Waals surface area contributed by atoms with E-state index in [1.807, 2.05) is 12.1 Å². The second-order valence-electron chi connectivity index (χ2n) is 6.38. The molecule has 1 saturated heterocycles. The van der Waals surface area contributed by atoms with Gasteiger partial charge in [-0.15, -0.1) is 0 Å². The Morgan fingerprint density at radius 3 is 2.67 bits per heavy atom. The Hall–Kier alpha value is -2.65. The van der Waals surface area contributed by atoms with Gasteiger partial charge in [-0.25, -0.2) is 4.79 Å². The van der Waals surface area contributed by atoms with Gasteiger partial charge in [0.1, 0.15) is 0 Å². The summed E-state index contributed by atoms with van der Waals surface area (Å²) in [5.41, 5.74) is 2.60. The van der Waals surface area contributed by atoms with Crippen molar-refractivity contribution < 1.29 is 24.2 Å². The van der Waals surface area contributed by atoms with Gasteiger partial charge in [-0.2, -0.15) is 0 Å². The van der Waals surface area contributed by atoms with Crippen LogP contribution in [0.1, 0.15) is 18.1 Å². The van der Waals surface area contributed by atoms with Crippen molar-refractivity contribution in [3.8, 4) is 11.5 Å². The molecule has 3 N–H and O–H groups in total. The van der Waals surface area contributed by atoms with Crippen LogP contribution in [0.25, 0.3) is 6.08 Å². The van der Waals surface area contributed by atoms with E-state index in [1.54, 1.807) is 18.2 Å². The molecule has 0 radical (unpaired) electrons. The second kappa shape index (κ2) is 9.90. The minimum atomic E-state index is -1.08. The number of hydrogen-bond donors (Lipinski definition) is 3. The van der Waals surface area contributed by atoms with Gasteiger partial charge in [0.2, 0.25) is 0 Å². The summed E-state index contributed by atoms with van der Waals surface area (Å²) in [7, 11) is 1.47. The minimum Gasteiger partial charge on any atom is -0.493 e. The first-order valence-corrected chi connectivity index (χ1v) is 10.8. The summed E-state index contributed by atoms with van der Waals surface area (Å²) in [6, 6.07) is 11.4. The monoisotopic (exact) mass is 492 g/mol. The van der Waals surface area contributed by atoms with E-state index in [1.165, 1.54) is 24.4 Å². The highest BCUT2D eigenvalue weighted by Gasteiger charge is 2.27. The van der Waals surface area contributed by atoms with Crippen LogP contribution in [0, 0.1) is 0 Å². The molecule has 2 aromatic rings. The van der Waals surface area contributed by atoms with Gasteiger partial charge < -0.3 is 25.2 Å². The van der Waals surface area contributed by atoms with Crippen molar-refractivity contribution in [1.82, 2.24) is 5.32 Å². The van der Waals surface area contributed by atoms with Crippen molar-refractivity contribution in [3.05, 3.63) is 56.9 Å². The van der Waals surface area contributed by atoms with E-state index in [2.05, 4.69) is 45.6 Å². The molecule has 1 aliphatic rings. The van der Waals surface area contributed by atoms with Crippen molar-refractivity contribution in [3.63, 3.8) is 0 Å². The predicted molar refractivity (Wildman–Crippen MR) is 121 cm³/mol. The number of anilines is 1. The summed E-state index contributed by atoms with van der Waals surface area (Å²) in [5, 5.41) is 15.0. The summed E-state index contributed by atoms with van der Waals surface area (Å²) in [6.07, 6.45) is 2.72. The highest BCUT2D eigenvalue weighted by Crippen LogP contribution is 2.37. The van der Waals surface area contributed by atoms with Crippen molar-refractivity contribution in [2.24, 2.45) is 0 Å². The quantitative estimate of drug-likeness (QED) is 0.477. The molecule has 30 heavy (non-hydrogen) atoms. The second-order valence-corrected chi connectivity index (χ2v) is 8.38. The largest absolute Gasteiger partial charge is 0.493 e.